The molecule has 0 unspecified atom stereocenters. The van der Waals surface area contributed by atoms with Gasteiger partial charge < -0.3 is 20.5 Å². The van der Waals surface area contributed by atoms with Gasteiger partial charge in [0.25, 0.3) is 0 Å². The molecule has 0 atom stereocenters. The minimum absolute atomic E-state index is 0.314. The van der Waals surface area contributed by atoms with Crippen LogP contribution in [0.5, 0.6) is 11.5 Å². The molecule has 0 aliphatic rings. The quantitative estimate of drug-likeness (QED) is 0.570. The van der Waals surface area contributed by atoms with Crippen molar-refractivity contribution in [2.75, 3.05) is 20.3 Å². The van der Waals surface area contributed by atoms with E-state index in [9.17, 15) is 4.79 Å². The molecule has 0 radical (unpaired) electrons. The Hall–Kier alpha value is -3.48. The van der Waals surface area contributed by atoms with E-state index in [4.69, 9.17) is 20.3 Å². The first-order valence-electron chi connectivity index (χ1n) is 9.49. The van der Waals surface area contributed by atoms with Crippen LogP contribution in [0.15, 0.2) is 54.6 Å². The maximum Gasteiger partial charge on any atom is 0.312 e. The molecular weight excluding hydrogens is 368 g/mol. The number of nitrogens with zero attached hydrogens (tertiary/aromatic N) is 2. The summed E-state index contributed by atoms with van der Waals surface area (Å²) in [7, 11) is 1.65. The van der Waals surface area contributed by atoms with E-state index in [2.05, 4.69) is 25.2 Å². The van der Waals surface area contributed by atoms with Crippen LogP contribution in [0.25, 0.3) is 16.9 Å². The van der Waals surface area contributed by atoms with Crippen LogP contribution in [0.2, 0.25) is 0 Å². The third-order valence-electron chi connectivity index (χ3n) is 4.46. The van der Waals surface area contributed by atoms with Gasteiger partial charge in [-0.1, -0.05) is 13.8 Å². The van der Waals surface area contributed by atoms with Crippen molar-refractivity contribution in [2.24, 2.45) is 5.73 Å². The van der Waals surface area contributed by atoms with Gasteiger partial charge in [0.05, 0.1) is 30.7 Å². The first kappa shape index (κ1) is 20.3. The van der Waals surface area contributed by atoms with E-state index in [1.165, 1.54) is 0 Å². The van der Waals surface area contributed by atoms with Gasteiger partial charge in [-0.05, 0) is 60.5 Å². The van der Waals surface area contributed by atoms with Crippen molar-refractivity contribution < 1.29 is 14.3 Å². The summed E-state index contributed by atoms with van der Waals surface area (Å²) in [5, 5.41) is 7.30. The monoisotopic (exact) mass is 394 g/mol. The largest absolute Gasteiger partial charge is 0.497 e. The second kappa shape index (κ2) is 9.14. The van der Waals surface area contributed by atoms with Crippen molar-refractivity contribution in [1.29, 1.82) is 0 Å². The number of methoxy groups -OCH3 is 1. The molecule has 3 rings (SSSR count). The van der Waals surface area contributed by atoms with Crippen molar-refractivity contribution in [1.82, 2.24) is 15.1 Å². The number of carbonyl (C=O) groups excluding carboxylic acids is 1. The number of amides is 2. The molecule has 152 valence electrons. The van der Waals surface area contributed by atoms with E-state index in [0.717, 1.165) is 34.1 Å². The lowest BCUT2D eigenvalue weighted by Gasteiger charge is -2.10. The number of nitrogens with one attached hydrogen (secondary N) is 1. The highest BCUT2D eigenvalue weighted by atomic mass is 16.5. The first-order valence-corrected chi connectivity index (χ1v) is 9.49. The highest BCUT2D eigenvalue weighted by molar-refractivity contribution is 5.71. The van der Waals surface area contributed by atoms with Crippen molar-refractivity contribution in [3.63, 3.8) is 0 Å². The fourth-order valence-corrected chi connectivity index (χ4v) is 2.87. The molecule has 0 spiro atoms. The van der Waals surface area contributed by atoms with Crippen LogP contribution in [-0.2, 0) is 0 Å². The summed E-state index contributed by atoms with van der Waals surface area (Å²) in [6.45, 7) is 4.96. The van der Waals surface area contributed by atoms with E-state index in [1.807, 2.05) is 53.2 Å². The zero-order valence-corrected chi connectivity index (χ0v) is 16.9. The Balaban J connectivity index is 1.84. The van der Waals surface area contributed by atoms with E-state index in [1.54, 1.807) is 7.11 Å². The number of urea groups is 1. The van der Waals surface area contributed by atoms with Crippen LogP contribution in [0, 0.1) is 0 Å². The van der Waals surface area contributed by atoms with Gasteiger partial charge in [0.1, 0.15) is 18.1 Å². The molecule has 3 aromatic rings. The lowest BCUT2D eigenvalue weighted by molar-refractivity contribution is 0.244. The second-order valence-electron chi connectivity index (χ2n) is 6.88. The Morgan fingerprint density at radius 3 is 2.34 bits per heavy atom. The number of benzene rings is 2. The summed E-state index contributed by atoms with van der Waals surface area (Å²) in [4.78, 5) is 10.7. The van der Waals surface area contributed by atoms with Gasteiger partial charge in [-0.3, -0.25) is 0 Å². The Morgan fingerprint density at radius 1 is 1.10 bits per heavy atom. The zero-order chi connectivity index (χ0) is 20.8. The Morgan fingerprint density at radius 2 is 1.76 bits per heavy atom. The molecular formula is C22H26N4O3. The molecule has 0 fully saturated rings. The summed E-state index contributed by atoms with van der Waals surface area (Å²) in [5.41, 5.74) is 9.05. The molecule has 1 aromatic heterocycles. The molecule has 0 saturated carbocycles. The van der Waals surface area contributed by atoms with Crippen molar-refractivity contribution in [3.8, 4) is 28.4 Å². The Bertz CT molecular complexity index is 947. The maximum absolute atomic E-state index is 10.7. The summed E-state index contributed by atoms with van der Waals surface area (Å²) >= 11 is 0. The van der Waals surface area contributed by atoms with Crippen LogP contribution >= 0.6 is 0 Å². The first-order chi connectivity index (χ1) is 14.0. The molecule has 0 bridgehead atoms. The summed E-state index contributed by atoms with van der Waals surface area (Å²) in [6, 6.07) is 17.2. The SMILES string of the molecule is COc1ccc(-n2nc(C(C)C)cc2-c2ccc(OCCNC(N)=O)cc2)cc1. The van der Waals surface area contributed by atoms with E-state index < -0.39 is 6.03 Å². The molecule has 1 heterocycles. The van der Waals surface area contributed by atoms with Gasteiger partial charge >= 0.3 is 6.03 Å². The van der Waals surface area contributed by atoms with Gasteiger partial charge in [-0.2, -0.15) is 5.10 Å². The van der Waals surface area contributed by atoms with E-state index in [-0.39, 0.29) is 0 Å². The summed E-state index contributed by atoms with van der Waals surface area (Å²) < 4.78 is 12.8. The van der Waals surface area contributed by atoms with Crippen molar-refractivity contribution >= 4 is 6.03 Å². The molecule has 0 saturated heterocycles. The maximum atomic E-state index is 10.7. The van der Waals surface area contributed by atoms with E-state index >= 15 is 0 Å². The van der Waals surface area contributed by atoms with Crippen molar-refractivity contribution in [2.45, 2.75) is 19.8 Å². The predicted molar refractivity (Wildman–Crippen MR) is 113 cm³/mol. The molecule has 0 aliphatic carbocycles. The van der Waals surface area contributed by atoms with Crippen LogP contribution < -0.4 is 20.5 Å². The fourth-order valence-electron chi connectivity index (χ4n) is 2.87. The Labute approximate surface area is 170 Å². The molecule has 0 aliphatic heterocycles. The average molecular weight is 394 g/mol. The molecule has 7 heteroatoms. The minimum Gasteiger partial charge on any atom is -0.497 e. The Kier molecular flexibility index (Phi) is 6.39. The highest BCUT2D eigenvalue weighted by Gasteiger charge is 2.14. The number of hydrogen-bond donors (Lipinski definition) is 2. The molecule has 2 aromatic carbocycles. The van der Waals surface area contributed by atoms with Gasteiger partial charge in [0.15, 0.2) is 0 Å². The standard InChI is InChI=1S/C22H26N4O3/c1-15(2)20-14-21(26(25-20)17-6-10-18(28-3)11-7-17)16-4-8-19(9-5-16)29-13-12-24-22(23)27/h4-11,14-15H,12-13H2,1-3H3,(H3,23,24,27). The molecule has 7 nitrogen and oxygen atoms in total. The van der Waals surface area contributed by atoms with Gasteiger partial charge in [-0.25, -0.2) is 9.48 Å². The molecule has 3 N–H and O–H groups in total. The van der Waals surface area contributed by atoms with E-state index in [0.29, 0.717) is 19.1 Å². The number of nitrogens with two attached hydrogens (primary N) is 1. The van der Waals surface area contributed by atoms with Crippen LogP contribution in [0.3, 0.4) is 0 Å². The summed E-state index contributed by atoms with van der Waals surface area (Å²) in [5.74, 6) is 1.84. The number of hydrogen-bond acceptors (Lipinski definition) is 4. The van der Waals surface area contributed by atoms with Crippen molar-refractivity contribution in [3.05, 3.63) is 60.3 Å². The van der Waals surface area contributed by atoms with Gasteiger partial charge in [0, 0.05) is 5.56 Å². The topological polar surface area (TPSA) is 91.4 Å². The van der Waals surface area contributed by atoms with Crippen LogP contribution in [-0.4, -0.2) is 36.1 Å². The number of aromatic nitrogens is 2. The third kappa shape index (κ3) is 5.07. The number of rotatable bonds is 8. The lowest BCUT2D eigenvalue weighted by Crippen LogP contribution is -2.32. The lowest BCUT2D eigenvalue weighted by atomic mass is 10.1. The average Bonchev–Trinajstić information content (AvgIpc) is 3.17. The normalized spacial score (nSPS) is 10.8. The zero-order valence-electron chi connectivity index (χ0n) is 16.9. The molecule has 2 amide bonds. The van der Waals surface area contributed by atoms with Gasteiger partial charge in [0.2, 0.25) is 0 Å². The number of carbonyl (C=O) groups is 1. The second-order valence-corrected chi connectivity index (χ2v) is 6.88. The third-order valence-corrected chi connectivity index (χ3v) is 4.46. The van der Waals surface area contributed by atoms with Crippen LogP contribution in [0.4, 0.5) is 4.79 Å². The minimum atomic E-state index is -0.559. The highest BCUT2D eigenvalue weighted by Crippen LogP contribution is 2.29. The molecule has 29 heavy (non-hydrogen) atoms. The number of ether oxygens (including phenoxy) is 2. The predicted octanol–water partition coefficient (Wildman–Crippen LogP) is 3.72. The number of primary amides is 1. The summed E-state index contributed by atoms with van der Waals surface area (Å²) in [6.07, 6.45) is 0. The fraction of sp³-hybridized carbons (Fsp3) is 0.273. The smallest absolute Gasteiger partial charge is 0.312 e. The van der Waals surface area contributed by atoms with Gasteiger partial charge in [-0.15, -0.1) is 0 Å². The van der Waals surface area contributed by atoms with Crippen LogP contribution in [0.1, 0.15) is 25.5 Å².